The first-order valence-electron chi connectivity index (χ1n) is 5.22. The molecule has 5 heteroatoms. The van der Waals surface area contributed by atoms with Crippen LogP contribution in [0.25, 0.3) is 0 Å². The molecule has 3 N–H and O–H groups in total. The lowest BCUT2D eigenvalue weighted by molar-refractivity contribution is 0.0851. The van der Waals surface area contributed by atoms with E-state index < -0.39 is 6.10 Å². The van der Waals surface area contributed by atoms with Crippen LogP contribution in [0.2, 0.25) is 0 Å². The zero-order valence-electron chi connectivity index (χ0n) is 8.56. The van der Waals surface area contributed by atoms with Crippen LogP contribution in [-0.4, -0.2) is 29.8 Å². The second-order valence-corrected chi connectivity index (χ2v) is 4.64. The van der Waals surface area contributed by atoms with E-state index in [1.54, 1.807) is 11.3 Å². The lowest BCUT2D eigenvalue weighted by Crippen LogP contribution is -2.15. The van der Waals surface area contributed by atoms with Crippen molar-refractivity contribution in [1.29, 1.82) is 0 Å². The zero-order chi connectivity index (χ0) is 10.7. The molecule has 0 aliphatic carbocycles. The fourth-order valence-electron chi connectivity index (χ4n) is 1.71. The molecular formula is C10H16N2O2S. The van der Waals surface area contributed by atoms with Gasteiger partial charge in [-0.25, -0.2) is 4.98 Å². The topological polar surface area (TPSA) is 68.4 Å². The molecule has 4 nitrogen and oxygen atoms in total. The second-order valence-electron chi connectivity index (χ2n) is 3.75. The molecule has 2 rings (SSSR count). The first-order chi connectivity index (χ1) is 7.31. The third kappa shape index (κ3) is 2.55. The number of hydrogen-bond acceptors (Lipinski definition) is 5. The van der Waals surface area contributed by atoms with E-state index in [0.29, 0.717) is 11.6 Å². The first kappa shape index (κ1) is 11.0. The molecule has 15 heavy (non-hydrogen) atoms. The number of aliphatic hydroxyl groups excluding tert-OH is 1. The highest BCUT2D eigenvalue weighted by Crippen LogP contribution is 2.30. The maximum absolute atomic E-state index is 9.54. The minimum Gasteiger partial charge on any atom is -0.385 e. The Morgan fingerprint density at radius 1 is 1.60 bits per heavy atom. The van der Waals surface area contributed by atoms with Crippen molar-refractivity contribution in [2.45, 2.75) is 24.9 Å². The van der Waals surface area contributed by atoms with E-state index in [1.807, 2.05) is 5.38 Å². The predicted molar refractivity (Wildman–Crippen MR) is 58.9 cm³/mol. The van der Waals surface area contributed by atoms with E-state index in [1.165, 1.54) is 0 Å². The molecule has 0 bridgehead atoms. The highest BCUT2D eigenvalue weighted by atomic mass is 32.1. The molecule has 2 heterocycles. The number of hydrogen-bond donors (Lipinski definition) is 2. The van der Waals surface area contributed by atoms with Gasteiger partial charge in [0, 0.05) is 31.1 Å². The van der Waals surface area contributed by atoms with Crippen LogP contribution >= 0.6 is 11.3 Å². The fourth-order valence-corrected chi connectivity index (χ4v) is 2.74. The summed E-state index contributed by atoms with van der Waals surface area (Å²) < 4.78 is 5.30. The molecule has 0 radical (unpaired) electrons. The van der Waals surface area contributed by atoms with Crippen molar-refractivity contribution in [2.24, 2.45) is 5.73 Å². The molecule has 1 aromatic rings. The highest BCUT2D eigenvalue weighted by Gasteiger charge is 2.20. The van der Waals surface area contributed by atoms with Crippen LogP contribution in [0.3, 0.4) is 0 Å². The molecule has 0 saturated carbocycles. The second kappa shape index (κ2) is 5.03. The quantitative estimate of drug-likeness (QED) is 0.810. The summed E-state index contributed by atoms with van der Waals surface area (Å²) in [6.45, 7) is 1.87. The molecule has 1 fully saturated rings. The third-order valence-electron chi connectivity index (χ3n) is 2.67. The van der Waals surface area contributed by atoms with Crippen LogP contribution in [0, 0.1) is 0 Å². The fraction of sp³-hybridized carbons (Fsp3) is 0.700. The Kier molecular flexibility index (Phi) is 3.69. The van der Waals surface area contributed by atoms with E-state index in [0.717, 1.165) is 31.1 Å². The number of nitrogens with two attached hydrogens (primary N) is 1. The van der Waals surface area contributed by atoms with Gasteiger partial charge in [0.1, 0.15) is 6.10 Å². The highest BCUT2D eigenvalue weighted by molar-refractivity contribution is 7.09. The van der Waals surface area contributed by atoms with Gasteiger partial charge >= 0.3 is 0 Å². The molecule has 1 unspecified atom stereocenters. The van der Waals surface area contributed by atoms with E-state index in [-0.39, 0.29) is 6.54 Å². The Hall–Kier alpha value is -0.490. The number of nitrogens with zero attached hydrogens (tertiary/aromatic N) is 1. The summed E-state index contributed by atoms with van der Waals surface area (Å²) in [6, 6.07) is 0. The number of ether oxygens (including phenoxy) is 1. The zero-order valence-corrected chi connectivity index (χ0v) is 9.37. The van der Waals surface area contributed by atoms with Crippen LogP contribution < -0.4 is 5.73 Å². The van der Waals surface area contributed by atoms with Gasteiger partial charge in [-0.2, -0.15) is 0 Å². The SMILES string of the molecule is NCC(O)c1csc(C2CCOCC2)n1. The molecule has 0 spiro atoms. The lowest BCUT2D eigenvalue weighted by atomic mass is 10.0. The Balaban J connectivity index is 2.05. The van der Waals surface area contributed by atoms with Crippen molar-refractivity contribution in [3.8, 4) is 0 Å². The van der Waals surface area contributed by atoms with Gasteiger partial charge in [-0.3, -0.25) is 0 Å². The normalized spacial score (nSPS) is 20.4. The van der Waals surface area contributed by atoms with Gasteiger partial charge in [-0.1, -0.05) is 0 Å². The number of rotatable bonds is 3. The molecule has 84 valence electrons. The van der Waals surface area contributed by atoms with Crippen LogP contribution in [0.15, 0.2) is 5.38 Å². The van der Waals surface area contributed by atoms with Crippen molar-refractivity contribution < 1.29 is 9.84 Å². The molecule has 1 saturated heterocycles. The monoisotopic (exact) mass is 228 g/mol. The van der Waals surface area contributed by atoms with Gasteiger partial charge in [0.05, 0.1) is 10.7 Å². The molecule has 0 amide bonds. The summed E-state index contributed by atoms with van der Waals surface area (Å²) in [6.07, 6.45) is 1.45. The van der Waals surface area contributed by atoms with Crippen LogP contribution in [0.5, 0.6) is 0 Å². The van der Waals surface area contributed by atoms with Gasteiger partial charge in [-0.05, 0) is 12.8 Å². The van der Waals surface area contributed by atoms with Crippen LogP contribution in [0.1, 0.15) is 35.6 Å². The van der Waals surface area contributed by atoms with E-state index in [2.05, 4.69) is 4.98 Å². The summed E-state index contributed by atoms with van der Waals surface area (Å²) in [4.78, 5) is 4.44. The summed E-state index contributed by atoms with van der Waals surface area (Å²) in [5, 5.41) is 12.6. The summed E-state index contributed by atoms with van der Waals surface area (Å²) in [7, 11) is 0. The lowest BCUT2D eigenvalue weighted by Gasteiger charge is -2.19. The first-order valence-corrected chi connectivity index (χ1v) is 6.10. The van der Waals surface area contributed by atoms with Gasteiger partial charge < -0.3 is 15.6 Å². The van der Waals surface area contributed by atoms with Crippen LogP contribution in [0.4, 0.5) is 0 Å². The Morgan fingerprint density at radius 3 is 3.00 bits per heavy atom. The predicted octanol–water partition coefficient (Wildman–Crippen LogP) is 1.03. The van der Waals surface area contributed by atoms with Crippen molar-refractivity contribution in [3.05, 3.63) is 16.1 Å². The maximum atomic E-state index is 9.54. The standard InChI is InChI=1S/C10H16N2O2S/c11-5-9(13)8-6-15-10(12-8)7-1-3-14-4-2-7/h6-7,9,13H,1-5,11H2. The molecule has 0 aromatic carbocycles. The van der Waals surface area contributed by atoms with Gasteiger partial charge in [0.2, 0.25) is 0 Å². The molecule has 1 aromatic heterocycles. The average molecular weight is 228 g/mol. The minimum atomic E-state index is -0.616. The summed E-state index contributed by atoms with van der Waals surface area (Å²) >= 11 is 1.62. The number of aliphatic hydroxyl groups is 1. The van der Waals surface area contributed by atoms with E-state index in [9.17, 15) is 5.11 Å². The van der Waals surface area contributed by atoms with Crippen molar-refractivity contribution in [2.75, 3.05) is 19.8 Å². The third-order valence-corrected chi connectivity index (χ3v) is 3.70. The Morgan fingerprint density at radius 2 is 2.33 bits per heavy atom. The molecule has 1 aliphatic heterocycles. The average Bonchev–Trinajstić information content (AvgIpc) is 2.78. The molecule has 1 aliphatic rings. The van der Waals surface area contributed by atoms with Crippen molar-refractivity contribution >= 4 is 11.3 Å². The molecule has 1 atom stereocenters. The van der Waals surface area contributed by atoms with Gasteiger partial charge in [0.15, 0.2) is 0 Å². The van der Waals surface area contributed by atoms with Gasteiger partial charge in [-0.15, -0.1) is 11.3 Å². The van der Waals surface area contributed by atoms with E-state index >= 15 is 0 Å². The maximum Gasteiger partial charge on any atom is 0.109 e. The van der Waals surface area contributed by atoms with Gasteiger partial charge in [0.25, 0.3) is 0 Å². The molecular weight excluding hydrogens is 212 g/mol. The number of thiazole rings is 1. The van der Waals surface area contributed by atoms with E-state index in [4.69, 9.17) is 10.5 Å². The largest absolute Gasteiger partial charge is 0.385 e. The summed E-state index contributed by atoms with van der Waals surface area (Å²) in [5.74, 6) is 0.502. The van der Waals surface area contributed by atoms with Crippen LogP contribution in [-0.2, 0) is 4.74 Å². The minimum absolute atomic E-state index is 0.233. The Bertz CT molecular complexity index is 310. The van der Waals surface area contributed by atoms with Crippen molar-refractivity contribution in [1.82, 2.24) is 4.98 Å². The number of aromatic nitrogens is 1. The summed E-state index contributed by atoms with van der Waals surface area (Å²) in [5.41, 5.74) is 6.10. The Labute approximate surface area is 93.1 Å². The smallest absolute Gasteiger partial charge is 0.109 e. The van der Waals surface area contributed by atoms with Crippen molar-refractivity contribution in [3.63, 3.8) is 0 Å².